The number of aromatic nitrogens is 3. The number of nitrogens with zero attached hydrogens (tertiary/aromatic N) is 3. The Balaban J connectivity index is 1.65. The maximum Gasteiger partial charge on any atom is 0.159 e. The fourth-order valence-corrected chi connectivity index (χ4v) is 6.53. The van der Waals surface area contributed by atoms with Gasteiger partial charge in [0.25, 0.3) is 0 Å². The second kappa shape index (κ2) is 9.50. The van der Waals surface area contributed by atoms with Gasteiger partial charge in [0.15, 0.2) is 5.82 Å². The fraction of sp³-hybridized carbons (Fsp3) is 0.0286. The molecule has 7 rings (SSSR count). The van der Waals surface area contributed by atoms with Crippen molar-refractivity contribution in [1.82, 2.24) is 14.5 Å². The lowest BCUT2D eigenvalue weighted by atomic mass is 10.1. The van der Waals surface area contributed by atoms with Gasteiger partial charge in [0.2, 0.25) is 0 Å². The summed E-state index contributed by atoms with van der Waals surface area (Å²) in [5, 5.41) is 3.65. The first kappa shape index (κ1) is 23.3. The number of allylic oxidation sites excluding steroid dienone is 1. The molecular formula is C35H25N3S. The van der Waals surface area contributed by atoms with E-state index in [0.717, 1.165) is 28.0 Å². The highest BCUT2D eigenvalue weighted by molar-refractivity contribution is 7.20. The minimum atomic E-state index is 0.711. The van der Waals surface area contributed by atoms with Crippen LogP contribution < -0.4 is 0 Å². The van der Waals surface area contributed by atoms with E-state index < -0.39 is 0 Å². The standard InChI is InChI=1S/C35H25N3S/c1-3-13-27-30(4-2)39-31-21-20-26-25-18-11-12-19-28(25)38(34(26)32(27)31)29-22-36-35(24-16-9-6-10-17-24)37-33(29)23-14-7-5-8-15-23/h3-22H,2H2,1H3/b13-3-. The lowest BCUT2D eigenvalue weighted by Gasteiger charge is -2.15. The number of thiophene rings is 1. The van der Waals surface area contributed by atoms with Crippen LogP contribution in [0, 0.1) is 0 Å². The zero-order valence-corrected chi connectivity index (χ0v) is 22.3. The van der Waals surface area contributed by atoms with Crippen LogP contribution in [0.4, 0.5) is 0 Å². The molecule has 186 valence electrons. The Morgan fingerprint density at radius 3 is 2.26 bits per heavy atom. The van der Waals surface area contributed by atoms with E-state index in [0.29, 0.717) is 5.82 Å². The first-order chi connectivity index (χ1) is 19.3. The number of hydrogen-bond donors (Lipinski definition) is 0. The molecule has 4 aromatic carbocycles. The summed E-state index contributed by atoms with van der Waals surface area (Å²) in [7, 11) is 0. The first-order valence-corrected chi connectivity index (χ1v) is 13.8. The van der Waals surface area contributed by atoms with E-state index in [1.54, 1.807) is 11.3 Å². The van der Waals surface area contributed by atoms with E-state index in [2.05, 4.69) is 103 Å². The predicted octanol–water partition coefficient (Wildman–Crippen LogP) is 9.80. The summed E-state index contributed by atoms with van der Waals surface area (Å²) < 4.78 is 3.59. The molecule has 0 aliphatic carbocycles. The van der Waals surface area contributed by atoms with Crippen LogP contribution in [0.3, 0.4) is 0 Å². The predicted molar refractivity (Wildman–Crippen MR) is 167 cm³/mol. The van der Waals surface area contributed by atoms with Crippen molar-refractivity contribution in [1.29, 1.82) is 0 Å². The fourth-order valence-electron chi connectivity index (χ4n) is 5.49. The molecule has 0 spiro atoms. The molecule has 39 heavy (non-hydrogen) atoms. The number of fused-ring (bicyclic) bond motifs is 5. The molecule has 0 N–H and O–H groups in total. The van der Waals surface area contributed by atoms with Crippen LogP contribution in [0.1, 0.15) is 17.4 Å². The lowest BCUT2D eigenvalue weighted by molar-refractivity contribution is 1.09. The molecule has 4 heteroatoms. The summed E-state index contributed by atoms with van der Waals surface area (Å²) >= 11 is 1.78. The van der Waals surface area contributed by atoms with E-state index in [-0.39, 0.29) is 0 Å². The average molecular weight is 520 g/mol. The Morgan fingerprint density at radius 2 is 1.51 bits per heavy atom. The van der Waals surface area contributed by atoms with Crippen LogP contribution in [-0.4, -0.2) is 14.5 Å². The zero-order chi connectivity index (χ0) is 26.3. The molecule has 3 nitrogen and oxygen atoms in total. The summed E-state index contributed by atoms with van der Waals surface area (Å²) in [6.45, 7) is 6.18. The normalized spacial score (nSPS) is 11.7. The van der Waals surface area contributed by atoms with Gasteiger partial charge < -0.3 is 4.57 Å². The van der Waals surface area contributed by atoms with Crippen molar-refractivity contribution in [2.75, 3.05) is 0 Å². The molecule has 0 radical (unpaired) electrons. The van der Waals surface area contributed by atoms with Crippen molar-refractivity contribution < 1.29 is 0 Å². The van der Waals surface area contributed by atoms with Gasteiger partial charge in [-0.2, -0.15) is 0 Å². The number of rotatable bonds is 5. The SMILES string of the molecule is C=Cc1sc2ccc3c4ccccc4n(-c4cnc(-c5ccccc5)nc4-c4ccccc4)c3c2c1/C=C\C. The van der Waals surface area contributed by atoms with Crippen molar-refractivity contribution in [3.63, 3.8) is 0 Å². The summed E-state index contributed by atoms with van der Waals surface area (Å²) in [4.78, 5) is 11.3. The Hall–Kier alpha value is -4.80. The van der Waals surface area contributed by atoms with Crippen LogP contribution in [0.25, 0.3) is 72.4 Å². The summed E-state index contributed by atoms with van der Waals surface area (Å²) in [6.07, 6.45) is 8.25. The number of hydrogen-bond acceptors (Lipinski definition) is 3. The molecule has 0 saturated carbocycles. The van der Waals surface area contributed by atoms with Crippen molar-refractivity contribution in [3.8, 4) is 28.3 Å². The molecule has 3 aromatic heterocycles. The minimum Gasteiger partial charge on any atom is -0.305 e. The molecule has 0 fully saturated rings. The van der Waals surface area contributed by atoms with Gasteiger partial charge in [0.05, 0.1) is 28.6 Å². The van der Waals surface area contributed by atoms with E-state index in [4.69, 9.17) is 9.97 Å². The molecule has 0 amide bonds. The molecule has 0 atom stereocenters. The van der Waals surface area contributed by atoms with Gasteiger partial charge >= 0.3 is 0 Å². The molecule has 7 aromatic rings. The van der Waals surface area contributed by atoms with E-state index in [9.17, 15) is 0 Å². The van der Waals surface area contributed by atoms with Gasteiger partial charge in [-0.05, 0) is 19.1 Å². The van der Waals surface area contributed by atoms with E-state index >= 15 is 0 Å². The van der Waals surface area contributed by atoms with Gasteiger partial charge in [-0.1, -0.05) is 110 Å². The monoisotopic (exact) mass is 519 g/mol. The van der Waals surface area contributed by atoms with Crippen molar-refractivity contribution >= 4 is 55.4 Å². The second-order valence-electron chi connectivity index (χ2n) is 9.43. The van der Waals surface area contributed by atoms with Crippen LogP contribution in [0.5, 0.6) is 0 Å². The summed E-state index contributed by atoms with van der Waals surface area (Å²) in [5.41, 5.74) is 7.40. The Labute approximate surface area is 231 Å². The Kier molecular flexibility index (Phi) is 5.68. The summed E-state index contributed by atoms with van der Waals surface area (Å²) in [6, 6.07) is 33.7. The smallest absolute Gasteiger partial charge is 0.159 e. The second-order valence-corrected chi connectivity index (χ2v) is 10.5. The van der Waals surface area contributed by atoms with Gasteiger partial charge in [0.1, 0.15) is 0 Å². The molecular weight excluding hydrogens is 494 g/mol. The molecule has 0 aliphatic rings. The molecule has 0 bridgehead atoms. The van der Waals surface area contributed by atoms with E-state index in [1.807, 2.05) is 36.5 Å². The van der Waals surface area contributed by atoms with Crippen LogP contribution >= 0.6 is 11.3 Å². The quantitative estimate of drug-likeness (QED) is 0.227. The molecule has 0 aliphatic heterocycles. The summed E-state index contributed by atoms with van der Waals surface area (Å²) in [5.74, 6) is 0.711. The van der Waals surface area contributed by atoms with Gasteiger partial charge in [0, 0.05) is 42.4 Å². The zero-order valence-electron chi connectivity index (χ0n) is 21.5. The number of para-hydroxylation sites is 1. The van der Waals surface area contributed by atoms with Crippen molar-refractivity contribution in [2.45, 2.75) is 6.92 Å². The lowest BCUT2D eigenvalue weighted by Crippen LogP contribution is -2.03. The third-order valence-corrected chi connectivity index (χ3v) is 8.33. The van der Waals surface area contributed by atoms with Gasteiger partial charge in [-0.25, -0.2) is 9.97 Å². The average Bonchev–Trinajstić information content (AvgIpc) is 3.53. The third kappa shape index (κ3) is 3.72. The largest absolute Gasteiger partial charge is 0.305 e. The first-order valence-electron chi connectivity index (χ1n) is 13.0. The van der Waals surface area contributed by atoms with Crippen LogP contribution in [0.2, 0.25) is 0 Å². The highest BCUT2D eigenvalue weighted by Crippen LogP contribution is 2.43. The van der Waals surface area contributed by atoms with Crippen molar-refractivity contribution in [2.24, 2.45) is 0 Å². The minimum absolute atomic E-state index is 0.711. The molecule has 0 saturated heterocycles. The van der Waals surface area contributed by atoms with Crippen LogP contribution in [-0.2, 0) is 0 Å². The number of benzene rings is 4. The van der Waals surface area contributed by atoms with Crippen molar-refractivity contribution in [3.05, 3.63) is 126 Å². The van der Waals surface area contributed by atoms with Gasteiger partial charge in [-0.15, -0.1) is 11.3 Å². The Morgan fingerprint density at radius 1 is 0.795 bits per heavy atom. The highest BCUT2D eigenvalue weighted by atomic mass is 32.1. The molecule has 3 heterocycles. The van der Waals surface area contributed by atoms with Crippen LogP contribution in [0.15, 0.2) is 116 Å². The van der Waals surface area contributed by atoms with Gasteiger partial charge in [-0.3, -0.25) is 0 Å². The maximum absolute atomic E-state index is 5.18. The van der Waals surface area contributed by atoms with E-state index in [1.165, 1.54) is 36.8 Å². The third-order valence-electron chi connectivity index (χ3n) is 7.16. The maximum atomic E-state index is 5.18. The topological polar surface area (TPSA) is 30.7 Å². The Bertz CT molecular complexity index is 2030. The molecule has 0 unspecified atom stereocenters. The highest BCUT2D eigenvalue weighted by Gasteiger charge is 2.22.